The number of aromatic amines is 2. The molecule has 0 saturated carbocycles. The maximum atomic E-state index is 5.50. The van der Waals surface area contributed by atoms with Gasteiger partial charge in [-0.1, -0.05) is 32.6 Å². The van der Waals surface area contributed by atoms with E-state index in [-0.39, 0.29) is 0 Å². The molecule has 154 valence electrons. The Morgan fingerprint density at radius 1 is 0.767 bits per heavy atom. The number of rotatable bonds is 2. The van der Waals surface area contributed by atoms with Gasteiger partial charge in [0.05, 0.1) is 25.5 Å². The lowest BCUT2D eigenvalue weighted by Crippen LogP contribution is -1.97. The van der Waals surface area contributed by atoms with Gasteiger partial charge in [-0.05, 0) is 42.0 Å². The molecule has 0 atom stereocenters. The first-order valence-electron chi connectivity index (χ1n) is 9.45. The molecule has 2 aromatic heterocycles. The van der Waals surface area contributed by atoms with E-state index in [1.807, 2.05) is 24.3 Å². The second-order valence-corrected chi connectivity index (χ2v) is 6.70. The fraction of sp³-hybridized carbons (Fsp3) is 0.250. The Balaban J connectivity index is 0.000000673. The molecule has 0 aliphatic heterocycles. The van der Waals surface area contributed by atoms with Crippen molar-refractivity contribution in [3.05, 3.63) is 70.8 Å². The van der Waals surface area contributed by atoms with E-state index in [4.69, 9.17) is 11.5 Å². The van der Waals surface area contributed by atoms with Crippen molar-refractivity contribution >= 4 is 0 Å². The summed E-state index contributed by atoms with van der Waals surface area (Å²) in [4.78, 5) is 14.3. The monoisotopic (exact) mass is 400 g/mol. The van der Waals surface area contributed by atoms with Crippen LogP contribution in [0.4, 0.5) is 0 Å². The van der Waals surface area contributed by atoms with Crippen LogP contribution in [0.2, 0.25) is 0 Å². The summed E-state index contributed by atoms with van der Waals surface area (Å²) in [5.74, 6) is 14.5. The van der Waals surface area contributed by atoms with Crippen LogP contribution in [0.3, 0.4) is 0 Å². The number of nitrogens with zero attached hydrogens (tertiary/aromatic N) is 2. The Morgan fingerprint density at radius 2 is 1.10 bits per heavy atom. The van der Waals surface area contributed by atoms with Gasteiger partial charge in [0.15, 0.2) is 0 Å². The molecular formula is C24H28N6. The largest absolute Gasteiger partial charge is 0.334 e. The predicted molar refractivity (Wildman–Crippen MR) is 122 cm³/mol. The van der Waals surface area contributed by atoms with Crippen molar-refractivity contribution in [2.24, 2.45) is 17.4 Å². The third-order valence-corrected chi connectivity index (χ3v) is 3.21. The van der Waals surface area contributed by atoms with Gasteiger partial charge in [0, 0.05) is 11.1 Å². The van der Waals surface area contributed by atoms with E-state index < -0.39 is 0 Å². The van der Waals surface area contributed by atoms with Gasteiger partial charge in [-0.25, -0.2) is 9.97 Å². The minimum Gasteiger partial charge on any atom is -0.334 e. The van der Waals surface area contributed by atoms with Gasteiger partial charge >= 0.3 is 0 Å². The van der Waals surface area contributed by atoms with Gasteiger partial charge in [0.1, 0.15) is 23.0 Å². The maximum Gasteiger partial charge on any atom is 0.120 e. The molecule has 0 aliphatic rings. The Hall–Kier alpha value is -3.76. The van der Waals surface area contributed by atoms with Crippen molar-refractivity contribution < 1.29 is 0 Å². The second-order valence-electron chi connectivity index (χ2n) is 6.70. The highest BCUT2D eigenvalue weighted by atomic mass is 14.9. The second kappa shape index (κ2) is 13.4. The molecule has 6 nitrogen and oxygen atoms in total. The average molecular weight is 401 g/mol. The molecule has 1 aromatic carbocycles. The number of aromatic nitrogens is 4. The molecular weight excluding hydrogens is 372 g/mol. The molecule has 0 fully saturated rings. The third kappa shape index (κ3) is 8.95. The lowest BCUT2D eigenvalue weighted by atomic mass is 10.1. The fourth-order valence-electron chi connectivity index (χ4n) is 1.98. The number of hydrogen-bond acceptors (Lipinski definition) is 4. The van der Waals surface area contributed by atoms with Gasteiger partial charge < -0.3 is 21.4 Å². The van der Waals surface area contributed by atoms with Gasteiger partial charge in [-0.3, -0.25) is 0 Å². The molecule has 0 radical (unpaired) electrons. The normalized spacial score (nSPS) is 9.07. The number of H-pyrrole nitrogens is 2. The summed E-state index contributed by atoms with van der Waals surface area (Å²) in [7, 11) is 0. The van der Waals surface area contributed by atoms with Crippen LogP contribution in [0.1, 0.15) is 54.9 Å². The quantitative estimate of drug-likeness (QED) is 0.496. The van der Waals surface area contributed by atoms with Crippen molar-refractivity contribution in [3.63, 3.8) is 0 Å². The summed E-state index contributed by atoms with van der Waals surface area (Å²) in [6.45, 7) is 7.25. The van der Waals surface area contributed by atoms with E-state index in [0.29, 0.717) is 13.1 Å². The SMILES string of the molecule is C#C.CC(C)C.NCc1ncc(C#Cc2ccc(C#Cc3cnc(CN)[nH]3)cc2)[nH]1. The Kier molecular flexibility index (Phi) is 10.9. The van der Waals surface area contributed by atoms with E-state index in [1.54, 1.807) is 12.4 Å². The molecule has 3 rings (SSSR count). The Bertz CT molecular complexity index is 948. The van der Waals surface area contributed by atoms with E-state index in [2.05, 4.69) is 77.2 Å². The van der Waals surface area contributed by atoms with Crippen LogP contribution in [0, 0.1) is 42.4 Å². The molecule has 0 bridgehead atoms. The predicted octanol–water partition coefficient (Wildman–Crippen LogP) is 2.76. The molecule has 0 aliphatic carbocycles. The fourth-order valence-corrected chi connectivity index (χ4v) is 1.98. The summed E-state index contributed by atoms with van der Waals surface area (Å²) in [6, 6.07) is 7.70. The number of terminal acetylenes is 1. The molecule has 2 heterocycles. The van der Waals surface area contributed by atoms with Crippen molar-refractivity contribution in [1.82, 2.24) is 19.9 Å². The van der Waals surface area contributed by atoms with Gasteiger partial charge in [0.2, 0.25) is 0 Å². The number of nitrogens with two attached hydrogens (primary N) is 2. The molecule has 0 amide bonds. The van der Waals surface area contributed by atoms with Crippen LogP contribution in [0.25, 0.3) is 0 Å². The molecule has 0 spiro atoms. The molecule has 6 N–H and O–H groups in total. The number of nitrogens with one attached hydrogen (secondary N) is 2. The summed E-state index contributed by atoms with van der Waals surface area (Å²) < 4.78 is 0. The van der Waals surface area contributed by atoms with Crippen molar-refractivity contribution in [1.29, 1.82) is 0 Å². The minimum absolute atomic E-state index is 0.373. The van der Waals surface area contributed by atoms with Crippen LogP contribution < -0.4 is 11.5 Å². The molecule has 6 heteroatoms. The zero-order valence-electron chi connectivity index (χ0n) is 17.7. The average Bonchev–Trinajstić information content (AvgIpc) is 3.41. The standard InChI is InChI=1S/C18H16N6.C4H10.C2H2/c19-9-17-21-11-15(23-17)7-5-13-1-2-14(4-3-13)6-8-16-12-22-18(10-20)24-16;1-4(2)3;1-2/h1-4,11-12H,9-10,19-20H2,(H,21,23)(H,22,24);4H,1-3H3;1-2H. The van der Waals surface area contributed by atoms with Crippen LogP contribution in [-0.4, -0.2) is 19.9 Å². The third-order valence-electron chi connectivity index (χ3n) is 3.21. The van der Waals surface area contributed by atoms with E-state index >= 15 is 0 Å². The molecule has 30 heavy (non-hydrogen) atoms. The molecule has 0 saturated heterocycles. The van der Waals surface area contributed by atoms with Gasteiger partial charge in [0.25, 0.3) is 0 Å². The van der Waals surface area contributed by atoms with Crippen molar-refractivity contribution in [3.8, 4) is 36.5 Å². The maximum absolute atomic E-state index is 5.50. The first-order chi connectivity index (χ1) is 14.5. The topological polar surface area (TPSA) is 109 Å². The van der Waals surface area contributed by atoms with Crippen molar-refractivity contribution in [2.45, 2.75) is 33.9 Å². The zero-order chi connectivity index (χ0) is 22.4. The van der Waals surface area contributed by atoms with E-state index in [9.17, 15) is 0 Å². The zero-order valence-corrected chi connectivity index (χ0v) is 17.7. The van der Waals surface area contributed by atoms with Crippen LogP contribution in [0.15, 0.2) is 36.7 Å². The van der Waals surface area contributed by atoms with Gasteiger partial charge in [-0.15, -0.1) is 12.8 Å². The molecule has 3 aromatic rings. The smallest absolute Gasteiger partial charge is 0.120 e. The lowest BCUT2D eigenvalue weighted by molar-refractivity contribution is 0.737. The summed E-state index contributed by atoms with van der Waals surface area (Å²) in [6.07, 6.45) is 11.4. The number of benzene rings is 1. The Labute approximate surface area is 178 Å². The highest BCUT2D eigenvalue weighted by molar-refractivity contribution is 5.45. The van der Waals surface area contributed by atoms with Crippen LogP contribution in [0.5, 0.6) is 0 Å². The van der Waals surface area contributed by atoms with E-state index in [1.165, 1.54) is 0 Å². The highest BCUT2D eigenvalue weighted by Gasteiger charge is 1.96. The van der Waals surface area contributed by atoms with Crippen molar-refractivity contribution in [2.75, 3.05) is 0 Å². The molecule has 0 unspecified atom stereocenters. The number of imidazole rings is 2. The Morgan fingerprint density at radius 3 is 1.37 bits per heavy atom. The summed E-state index contributed by atoms with van der Waals surface area (Å²) >= 11 is 0. The van der Waals surface area contributed by atoms with Gasteiger partial charge in [-0.2, -0.15) is 0 Å². The van der Waals surface area contributed by atoms with Crippen LogP contribution in [-0.2, 0) is 13.1 Å². The van der Waals surface area contributed by atoms with E-state index in [0.717, 1.165) is 40.1 Å². The summed E-state index contributed by atoms with van der Waals surface area (Å²) in [5.41, 5.74) is 14.3. The van der Waals surface area contributed by atoms with Crippen LogP contribution >= 0.6 is 0 Å². The highest BCUT2D eigenvalue weighted by Crippen LogP contribution is 2.03. The first-order valence-corrected chi connectivity index (χ1v) is 9.45. The number of hydrogen-bond donors (Lipinski definition) is 4. The minimum atomic E-state index is 0.373. The summed E-state index contributed by atoms with van der Waals surface area (Å²) in [5, 5.41) is 0. The lowest BCUT2D eigenvalue weighted by Gasteiger charge is -1.91. The first kappa shape index (κ1) is 24.3.